The van der Waals surface area contributed by atoms with Crippen molar-refractivity contribution in [2.24, 2.45) is 0 Å². The minimum absolute atomic E-state index is 0.175. The summed E-state index contributed by atoms with van der Waals surface area (Å²) in [6.07, 6.45) is 0. The molecule has 1 aromatic carbocycles. The Bertz CT molecular complexity index is 592. The van der Waals surface area contributed by atoms with Gasteiger partial charge in [0, 0.05) is 11.1 Å². The van der Waals surface area contributed by atoms with Gasteiger partial charge >= 0.3 is 5.97 Å². The number of carboxylic acids is 1. The second kappa shape index (κ2) is 4.39. The van der Waals surface area contributed by atoms with E-state index < -0.39 is 5.97 Å². The highest BCUT2D eigenvalue weighted by atomic mass is 35.5. The number of hydrogen-bond acceptors (Lipinski definition) is 3. The van der Waals surface area contributed by atoms with Gasteiger partial charge in [-0.3, -0.25) is 0 Å². The van der Waals surface area contributed by atoms with E-state index in [0.29, 0.717) is 26.9 Å². The van der Waals surface area contributed by atoms with Crippen LogP contribution in [0.5, 0.6) is 0 Å². The standard InChI is InChI=1S/C11H7Cl2NO3/c1-5-9(14-17-10(5)11(15)16)6-2-3-7(12)8(13)4-6/h2-4H,1H3,(H,15,16). The molecule has 2 rings (SSSR count). The fourth-order valence-corrected chi connectivity index (χ4v) is 1.75. The topological polar surface area (TPSA) is 63.3 Å². The zero-order valence-corrected chi connectivity index (χ0v) is 10.2. The van der Waals surface area contributed by atoms with Crippen LogP contribution in [0, 0.1) is 6.92 Å². The maximum absolute atomic E-state index is 10.8. The molecule has 4 nitrogen and oxygen atoms in total. The van der Waals surface area contributed by atoms with E-state index in [1.807, 2.05) is 0 Å². The van der Waals surface area contributed by atoms with Crippen LogP contribution in [0.2, 0.25) is 10.0 Å². The summed E-state index contributed by atoms with van der Waals surface area (Å²) in [6.45, 7) is 1.62. The van der Waals surface area contributed by atoms with Crippen molar-refractivity contribution in [3.05, 3.63) is 39.6 Å². The molecule has 0 saturated heterocycles. The highest BCUT2D eigenvalue weighted by molar-refractivity contribution is 6.42. The van der Waals surface area contributed by atoms with Crippen LogP contribution in [0.25, 0.3) is 11.3 Å². The quantitative estimate of drug-likeness (QED) is 0.906. The van der Waals surface area contributed by atoms with E-state index in [0.717, 1.165) is 0 Å². The largest absolute Gasteiger partial charge is 0.475 e. The van der Waals surface area contributed by atoms with Gasteiger partial charge in [0.05, 0.1) is 10.0 Å². The lowest BCUT2D eigenvalue weighted by atomic mass is 10.1. The lowest BCUT2D eigenvalue weighted by Crippen LogP contribution is -1.95. The van der Waals surface area contributed by atoms with Gasteiger partial charge in [0.2, 0.25) is 5.76 Å². The van der Waals surface area contributed by atoms with Crippen LogP contribution in [-0.2, 0) is 0 Å². The second-order valence-electron chi connectivity index (χ2n) is 3.42. The number of benzene rings is 1. The lowest BCUT2D eigenvalue weighted by Gasteiger charge is -2.00. The summed E-state index contributed by atoms with van der Waals surface area (Å²) in [7, 11) is 0. The Hall–Kier alpha value is -1.52. The molecular formula is C11H7Cl2NO3. The van der Waals surface area contributed by atoms with E-state index in [9.17, 15) is 4.79 Å². The van der Waals surface area contributed by atoms with E-state index in [2.05, 4.69) is 5.16 Å². The number of carboxylic acid groups (broad SMARTS) is 1. The van der Waals surface area contributed by atoms with E-state index in [-0.39, 0.29) is 5.76 Å². The SMILES string of the molecule is Cc1c(-c2ccc(Cl)c(Cl)c2)noc1C(=O)O. The Labute approximate surface area is 107 Å². The van der Waals surface area contributed by atoms with E-state index in [1.165, 1.54) is 0 Å². The van der Waals surface area contributed by atoms with Crippen molar-refractivity contribution in [2.75, 3.05) is 0 Å². The van der Waals surface area contributed by atoms with E-state index >= 15 is 0 Å². The Morgan fingerprint density at radius 3 is 2.59 bits per heavy atom. The maximum atomic E-state index is 10.8. The Morgan fingerprint density at radius 1 is 1.35 bits per heavy atom. The van der Waals surface area contributed by atoms with Gasteiger partial charge in [0.15, 0.2) is 0 Å². The van der Waals surface area contributed by atoms with Gasteiger partial charge in [0.25, 0.3) is 0 Å². The summed E-state index contributed by atoms with van der Waals surface area (Å²) in [5.41, 5.74) is 1.56. The smallest absolute Gasteiger partial charge is 0.375 e. The maximum Gasteiger partial charge on any atom is 0.375 e. The van der Waals surface area contributed by atoms with Gasteiger partial charge in [-0.05, 0) is 19.1 Å². The minimum atomic E-state index is -1.15. The molecule has 0 saturated carbocycles. The first-order valence-corrected chi connectivity index (χ1v) is 5.41. The Kier molecular flexibility index (Phi) is 3.09. The first kappa shape index (κ1) is 12.0. The number of halogens is 2. The highest BCUT2D eigenvalue weighted by Gasteiger charge is 2.19. The zero-order chi connectivity index (χ0) is 12.6. The summed E-state index contributed by atoms with van der Waals surface area (Å²) in [4.78, 5) is 10.8. The summed E-state index contributed by atoms with van der Waals surface area (Å²) in [6, 6.07) is 4.93. The monoisotopic (exact) mass is 271 g/mol. The van der Waals surface area contributed by atoms with Crippen LogP contribution in [0.15, 0.2) is 22.7 Å². The summed E-state index contributed by atoms with van der Waals surface area (Å²) in [5, 5.41) is 13.4. The normalized spacial score (nSPS) is 10.5. The molecular weight excluding hydrogens is 265 g/mol. The molecule has 6 heteroatoms. The fourth-order valence-electron chi connectivity index (χ4n) is 1.45. The number of hydrogen-bond donors (Lipinski definition) is 1. The molecule has 17 heavy (non-hydrogen) atoms. The van der Waals surface area contributed by atoms with Crippen molar-refractivity contribution < 1.29 is 14.4 Å². The number of nitrogens with zero attached hydrogens (tertiary/aromatic N) is 1. The van der Waals surface area contributed by atoms with Crippen LogP contribution in [0.4, 0.5) is 0 Å². The van der Waals surface area contributed by atoms with Gasteiger partial charge in [-0.2, -0.15) is 0 Å². The van der Waals surface area contributed by atoms with Crippen LogP contribution in [0.1, 0.15) is 16.1 Å². The Balaban J connectivity index is 2.53. The van der Waals surface area contributed by atoms with Crippen LogP contribution >= 0.6 is 23.2 Å². The third-order valence-electron chi connectivity index (χ3n) is 2.31. The van der Waals surface area contributed by atoms with Crippen LogP contribution in [0.3, 0.4) is 0 Å². The van der Waals surface area contributed by atoms with Crippen molar-refractivity contribution in [2.45, 2.75) is 6.92 Å². The van der Waals surface area contributed by atoms with Crippen molar-refractivity contribution in [1.82, 2.24) is 5.16 Å². The molecule has 0 unspecified atom stereocenters. The Morgan fingerprint density at radius 2 is 2.06 bits per heavy atom. The number of aromatic nitrogens is 1. The first-order chi connectivity index (χ1) is 8.00. The number of aromatic carboxylic acids is 1. The molecule has 0 fully saturated rings. The number of rotatable bonds is 2. The van der Waals surface area contributed by atoms with Crippen molar-refractivity contribution in [1.29, 1.82) is 0 Å². The average molecular weight is 272 g/mol. The lowest BCUT2D eigenvalue weighted by molar-refractivity contribution is 0.0651. The molecule has 0 amide bonds. The molecule has 0 aliphatic carbocycles. The summed E-state index contributed by atoms with van der Waals surface area (Å²) >= 11 is 11.7. The van der Waals surface area contributed by atoms with Crippen LogP contribution < -0.4 is 0 Å². The third-order valence-corrected chi connectivity index (χ3v) is 3.05. The molecule has 0 radical (unpaired) electrons. The van der Waals surface area contributed by atoms with E-state index in [4.69, 9.17) is 32.8 Å². The molecule has 88 valence electrons. The van der Waals surface area contributed by atoms with E-state index in [1.54, 1.807) is 25.1 Å². The third kappa shape index (κ3) is 2.14. The first-order valence-electron chi connectivity index (χ1n) is 4.65. The second-order valence-corrected chi connectivity index (χ2v) is 4.23. The minimum Gasteiger partial charge on any atom is -0.475 e. The molecule has 0 bridgehead atoms. The van der Waals surface area contributed by atoms with Crippen molar-refractivity contribution in [3.8, 4) is 11.3 Å². The summed E-state index contributed by atoms with van der Waals surface area (Å²) < 4.78 is 4.76. The zero-order valence-electron chi connectivity index (χ0n) is 8.70. The molecule has 1 N–H and O–H groups in total. The molecule has 0 atom stereocenters. The number of carbonyl (C=O) groups is 1. The summed E-state index contributed by atoms with van der Waals surface area (Å²) in [5.74, 6) is -1.33. The molecule has 2 aromatic rings. The predicted molar refractivity (Wildman–Crippen MR) is 63.7 cm³/mol. The predicted octanol–water partition coefficient (Wildman–Crippen LogP) is 3.66. The molecule has 1 aromatic heterocycles. The molecule has 0 aliphatic rings. The van der Waals surface area contributed by atoms with Gasteiger partial charge in [0.1, 0.15) is 5.69 Å². The van der Waals surface area contributed by atoms with Gasteiger partial charge in [-0.1, -0.05) is 34.4 Å². The molecule has 0 spiro atoms. The molecule has 1 heterocycles. The van der Waals surface area contributed by atoms with Crippen LogP contribution in [-0.4, -0.2) is 16.2 Å². The van der Waals surface area contributed by atoms with Gasteiger partial charge in [-0.15, -0.1) is 0 Å². The van der Waals surface area contributed by atoms with Gasteiger partial charge < -0.3 is 9.63 Å². The fraction of sp³-hybridized carbons (Fsp3) is 0.0909. The highest BCUT2D eigenvalue weighted by Crippen LogP contribution is 2.30. The van der Waals surface area contributed by atoms with Crippen molar-refractivity contribution in [3.63, 3.8) is 0 Å². The average Bonchev–Trinajstić information content (AvgIpc) is 2.64. The van der Waals surface area contributed by atoms with Crippen molar-refractivity contribution >= 4 is 29.2 Å². The molecule has 0 aliphatic heterocycles. The van der Waals surface area contributed by atoms with Gasteiger partial charge in [-0.25, -0.2) is 4.79 Å².